The van der Waals surface area contributed by atoms with E-state index < -0.39 is 0 Å². The Bertz CT molecular complexity index is 320. The normalized spacial score (nSPS) is 14.1. The van der Waals surface area contributed by atoms with Crippen molar-refractivity contribution in [2.75, 3.05) is 16.8 Å². The Kier molecular flexibility index (Phi) is 2.30. The zero-order chi connectivity index (χ0) is 8.39. The molecule has 0 aliphatic carbocycles. The van der Waals surface area contributed by atoms with Gasteiger partial charge in [-0.25, -0.2) is 0 Å². The van der Waals surface area contributed by atoms with Crippen molar-refractivity contribution in [1.82, 2.24) is 4.98 Å². The number of anilines is 1. The van der Waals surface area contributed by atoms with E-state index in [0.717, 1.165) is 12.4 Å². The molecule has 1 aromatic heterocycles. The minimum atomic E-state index is 0.168. The van der Waals surface area contributed by atoms with Crippen molar-refractivity contribution in [1.29, 1.82) is 0 Å². The molecule has 0 saturated heterocycles. The summed E-state index contributed by atoms with van der Waals surface area (Å²) in [7, 11) is 0. The van der Waals surface area contributed by atoms with E-state index in [4.69, 9.17) is 0 Å². The molecule has 1 aromatic rings. The van der Waals surface area contributed by atoms with Gasteiger partial charge in [0.25, 0.3) is 0 Å². The summed E-state index contributed by atoms with van der Waals surface area (Å²) in [6, 6.07) is 2.23. The second-order valence-electron chi connectivity index (χ2n) is 2.56. The molecular weight excluding hydrogens is 263 g/mol. The summed E-state index contributed by atoms with van der Waals surface area (Å²) in [5.41, 5.74) is 1.24. The number of fused-ring (bicyclic) bond motifs is 1. The number of aromatic nitrogens is 1. The fraction of sp³-hybridized carbons (Fsp3) is 0.222. The molecule has 2 heterocycles. The number of halogens is 1. The number of alkyl halides is 1. The van der Waals surface area contributed by atoms with E-state index >= 15 is 0 Å². The summed E-state index contributed by atoms with van der Waals surface area (Å²) in [6.45, 7) is 0.903. The molecule has 0 spiro atoms. The second-order valence-corrected chi connectivity index (χ2v) is 4.89. The molecule has 0 aromatic carbocycles. The van der Waals surface area contributed by atoms with Gasteiger partial charge in [0.05, 0.1) is 0 Å². The second kappa shape index (κ2) is 3.43. The van der Waals surface area contributed by atoms with E-state index in [1.807, 2.05) is 6.20 Å². The Balaban J connectivity index is 2.44. The van der Waals surface area contributed by atoms with E-state index in [1.54, 1.807) is 0 Å². The maximum atomic E-state index is 4.36. The molecule has 0 fully saturated rings. The number of nitrogens with zero attached hydrogens (tertiary/aromatic N) is 1. The molecule has 3 heteroatoms. The predicted molar refractivity (Wildman–Crippen MR) is 46.4 cm³/mol. The summed E-state index contributed by atoms with van der Waals surface area (Å²) in [5, 5.41) is 3.23. The molecule has 0 radical (unpaired) electrons. The third-order valence-corrected chi connectivity index (χ3v) is 3.62. The van der Waals surface area contributed by atoms with Crippen LogP contribution in [0.1, 0.15) is 5.56 Å². The Labute approximate surface area is 82.4 Å². The van der Waals surface area contributed by atoms with Crippen molar-refractivity contribution in [3.05, 3.63) is 27.5 Å². The quantitative estimate of drug-likeness (QED) is 0.493. The summed E-state index contributed by atoms with van der Waals surface area (Å²) in [6.07, 6.45) is 6.25. The number of nitrogens with one attached hydrogen (secondary N) is 1. The maximum absolute atomic E-state index is 4.36. The van der Waals surface area contributed by atoms with Crippen LogP contribution < -0.4 is 26.5 Å². The molecule has 0 saturated carbocycles. The number of hydrogen-bond donors (Lipinski definition) is 1. The van der Waals surface area contributed by atoms with Gasteiger partial charge in [-0.2, -0.15) is 0 Å². The van der Waals surface area contributed by atoms with E-state index in [9.17, 15) is 0 Å². The predicted octanol–water partition coefficient (Wildman–Crippen LogP) is -1.59. The van der Waals surface area contributed by atoms with E-state index in [2.05, 4.69) is 33.4 Å². The van der Waals surface area contributed by atoms with Crippen molar-refractivity contribution < 1.29 is 21.2 Å². The Morgan fingerprint density at radius 2 is 2.50 bits per heavy atom. The average molecular weight is 273 g/mol. The van der Waals surface area contributed by atoms with Crippen molar-refractivity contribution in [3.8, 4) is 0 Å². The first kappa shape index (κ1) is 8.04. The van der Waals surface area contributed by atoms with Gasteiger partial charge in [0.15, 0.2) is 0 Å². The topological polar surface area (TPSA) is 24.9 Å². The van der Waals surface area contributed by atoms with Crippen LogP contribution in [0.5, 0.6) is 0 Å². The first-order valence-corrected chi connectivity index (χ1v) is 7.03. The van der Waals surface area contributed by atoms with Crippen molar-refractivity contribution >= 4 is 11.9 Å². The molecule has 0 unspecified atom stereocenters. The molecule has 1 aliphatic rings. The molecular formula is C9H10IN2-. The molecule has 2 rings (SSSR count). The first-order chi connectivity index (χ1) is 5.90. The first-order valence-electron chi connectivity index (χ1n) is 3.80. The molecule has 64 valence electrons. The number of hydrogen-bond acceptors (Lipinski definition) is 2. The van der Waals surface area contributed by atoms with E-state index in [1.165, 1.54) is 9.13 Å². The Morgan fingerprint density at radius 1 is 1.58 bits per heavy atom. The molecule has 1 N–H and O–H groups in total. The van der Waals surface area contributed by atoms with Gasteiger partial charge in [-0.3, -0.25) is 0 Å². The Hall–Kier alpha value is -0.580. The van der Waals surface area contributed by atoms with Gasteiger partial charge in [-0.15, -0.1) is 0 Å². The summed E-state index contributed by atoms with van der Waals surface area (Å²) in [5.74, 6) is 1.03. The minimum absolute atomic E-state index is 0.168. The van der Waals surface area contributed by atoms with Crippen LogP contribution in [-0.4, -0.2) is 16.5 Å². The van der Waals surface area contributed by atoms with Crippen LogP contribution in [0.3, 0.4) is 0 Å². The van der Waals surface area contributed by atoms with Crippen molar-refractivity contribution in [3.63, 3.8) is 0 Å². The van der Waals surface area contributed by atoms with Crippen LogP contribution >= 0.6 is 0 Å². The van der Waals surface area contributed by atoms with Gasteiger partial charge in [0.2, 0.25) is 0 Å². The molecule has 1 aliphatic heterocycles. The van der Waals surface area contributed by atoms with Gasteiger partial charge in [0.1, 0.15) is 0 Å². The SMILES string of the molecule is C[I-]c1cnc2c(c1)C=CCN2. The Morgan fingerprint density at radius 3 is 3.33 bits per heavy atom. The zero-order valence-electron chi connectivity index (χ0n) is 6.84. The average Bonchev–Trinajstić information content (AvgIpc) is 2.17. The molecule has 2 nitrogen and oxygen atoms in total. The van der Waals surface area contributed by atoms with Gasteiger partial charge in [-0.1, -0.05) is 0 Å². The molecule has 0 bridgehead atoms. The standard InChI is InChI=1S/C9H10IN2/c1-10-8-5-7-3-2-4-11-9(7)12-6-8/h2-3,5-6H,4H2,1H3,(H,11,12)/q-1. The third kappa shape index (κ3) is 1.46. The van der Waals surface area contributed by atoms with Crippen LogP contribution in [0.2, 0.25) is 0 Å². The number of pyridine rings is 1. The van der Waals surface area contributed by atoms with Crippen LogP contribution in [0.4, 0.5) is 5.82 Å². The van der Waals surface area contributed by atoms with Crippen LogP contribution in [0, 0.1) is 3.57 Å². The van der Waals surface area contributed by atoms with Crippen molar-refractivity contribution in [2.45, 2.75) is 0 Å². The molecule has 12 heavy (non-hydrogen) atoms. The van der Waals surface area contributed by atoms with Crippen LogP contribution in [0.15, 0.2) is 18.3 Å². The van der Waals surface area contributed by atoms with E-state index in [-0.39, 0.29) is 21.2 Å². The van der Waals surface area contributed by atoms with Gasteiger partial charge < -0.3 is 0 Å². The van der Waals surface area contributed by atoms with Gasteiger partial charge in [-0.05, 0) is 0 Å². The monoisotopic (exact) mass is 273 g/mol. The van der Waals surface area contributed by atoms with Crippen LogP contribution in [-0.2, 0) is 0 Å². The molecule has 0 amide bonds. The fourth-order valence-electron chi connectivity index (χ4n) is 1.17. The number of rotatable bonds is 1. The third-order valence-electron chi connectivity index (χ3n) is 1.79. The zero-order valence-corrected chi connectivity index (χ0v) is 9.00. The van der Waals surface area contributed by atoms with Gasteiger partial charge in [0, 0.05) is 0 Å². The van der Waals surface area contributed by atoms with Crippen molar-refractivity contribution in [2.24, 2.45) is 0 Å². The fourth-order valence-corrected chi connectivity index (χ4v) is 2.24. The summed E-state index contributed by atoms with van der Waals surface area (Å²) < 4.78 is 1.40. The van der Waals surface area contributed by atoms with Gasteiger partial charge >= 0.3 is 82.3 Å². The summed E-state index contributed by atoms with van der Waals surface area (Å²) in [4.78, 5) is 6.61. The van der Waals surface area contributed by atoms with E-state index in [0.29, 0.717) is 0 Å². The van der Waals surface area contributed by atoms with Crippen LogP contribution in [0.25, 0.3) is 6.08 Å². The molecule has 0 atom stereocenters. The summed E-state index contributed by atoms with van der Waals surface area (Å²) >= 11 is 0.168.